The van der Waals surface area contributed by atoms with E-state index in [9.17, 15) is 4.79 Å². The van der Waals surface area contributed by atoms with Gasteiger partial charge in [-0.2, -0.15) is 0 Å². The van der Waals surface area contributed by atoms with E-state index in [0.29, 0.717) is 0 Å². The standard InChI is InChI=1S/C6H9N2O/c1-5-4-6(9)8(3)7(5)2/h4H,2H2,1,3H3. The molecule has 0 saturated heterocycles. The SMILES string of the molecule is [CH2]n1c(C)cc(=O)n1C. The maximum atomic E-state index is 10.8. The molecule has 0 aromatic carbocycles. The molecule has 0 saturated carbocycles. The molecule has 1 aromatic rings. The van der Waals surface area contributed by atoms with E-state index >= 15 is 0 Å². The van der Waals surface area contributed by atoms with Gasteiger partial charge in [0.25, 0.3) is 5.56 Å². The lowest BCUT2D eigenvalue weighted by Gasteiger charge is -1.98. The second kappa shape index (κ2) is 1.76. The summed E-state index contributed by atoms with van der Waals surface area (Å²) in [5.41, 5.74) is 0.866. The highest BCUT2D eigenvalue weighted by molar-refractivity contribution is 4.99. The van der Waals surface area contributed by atoms with Gasteiger partial charge in [-0.1, -0.05) is 0 Å². The number of rotatable bonds is 0. The molecule has 0 amide bonds. The van der Waals surface area contributed by atoms with Crippen LogP contribution >= 0.6 is 0 Å². The molecule has 1 heterocycles. The van der Waals surface area contributed by atoms with Gasteiger partial charge in [-0.05, 0) is 6.92 Å². The van der Waals surface area contributed by atoms with Crippen LogP contribution in [0, 0.1) is 14.0 Å². The average Bonchev–Trinajstić information content (AvgIpc) is 1.98. The van der Waals surface area contributed by atoms with Crippen LogP contribution < -0.4 is 5.56 Å². The minimum Gasteiger partial charge on any atom is -0.285 e. The first-order valence-corrected chi connectivity index (χ1v) is 2.69. The first-order chi connectivity index (χ1) is 4.13. The molecule has 0 aliphatic rings. The first-order valence-electron chi connectivity index (χ1n) is 2.69. The predicted octanol–water partition coefficient (Wildman–Crippen LogP) is 0.135. The third kappa shape index (κ3) is 0.781. The summed E-state index contributed by atoms with van der Waals surface area (Å²) in [5.74, 6) is 0. The van der Waals surface area contributed by atoms with Crippen molar-refractivity contribution in [2.45, 2.75) is 6.92 Å². The van der Waals surface area contributed by atoms with Crippen molar-refractivity contribution in [1.82, 2.24) is 9.36 Å². The summed E-state index contributed by atoms with van der Waals surface area (Å²) >= 11 is 0. The molecule has 0 unspecified atom stereocenters. The summed E-state index contributed by atoms with van der Waals surface area (Å²) in [6.45, 7) is 1.84. The minimum absolute atomic E-state index is 0.0116. The molecule has 0 aliphatic carbocycles. The Morgan fingerprint density at radius 1 is 1.67 bits per heavy atom. The largest absolute Gasteiger partial charge is 0.285 e. The molecule has 0 N–H and O–H groups in total. The van der Waals surface area contributed by atoms with Crippen LogP contribution in [-0.2, 0) is 7.05 Å². The summed E-state index contributed by atoms with van der Waals surface area (Å²) in [6, 6.07) is 1.55. The average molecular weight is 125 g/mol. The van der Waals surface area contributed by atoms with Crippen molar-refractivity contribution in [2.24, 2.45) is 7.05 Å². The number of hydrogen-bond acceptors (Lipinski definition) is 1. The van der Waals surface area contributed by atoms with Gasteiger partial charge in [-0.25, -0.2) is 0 Å². The molecule has 3 nitrogen and oxygen atoms in total. The molecule has 0 spiro atoms. The van der Waals surface area contributed by atoms with Crippen molar-refractivity contribution in [3.63, 3.8) is 0 Å². The van der Waals surface area contributed by atoms with E-state index in [1.165, 1.54) is 4.68 Å². The Hall–Kier alpha value is -0.990. The minimum atomic E-state index is -0.0116. The third-order valence-corrected chi connectivity index (χ3v) is 1.42. The van der Waals surface area contributed by atoms with Gasteiger partial charge in [-0.15, -0.1) is 0 Å². The number of hydrogen-bond donors (Lipinski definition) is 0. The van der Waals surface area contributed by atoms with Crippen LogP contribution in [-0.4, -0.2) is 9.36 Å². The van der Waals surface area contributed by atoms with Crippen molar-refractivity contribution in [1.29, 1.82) is 0 Å². The van der Waals surface area contributed by atoms with Gasteiger partial charge in [-0.3, -0.25) is 14.2 Å². The van der Waals surface area contributed by atoms with Crippen LogP contribution in [0.4, 0.5) is 0 Å². The predicted molar refractivity (Wildman–Crippen MR) is 35.2 cm³/mol. The fraction of sp³-hybridized carbons (Fsp3) is 0.333. The molecule has 1 rings (SSSR count). The molecule has 0 aliphatic heterocycles. The Morgan fingerprint density at radius 3 is 2.33 bits per heavy atom. The molecular formula is C6H9N2O. The number of aryl methyl sites for hydroxylation is 1. The van der Waals surface area contributed by atoms with E-state index in [2.05, 4.69) is 7.05 Å². The van der Waals surface area contributed by atoms with Gasteiger partial charge in [0, 0.05) is 18.8 Å². The molecular weight excluding hydrogens is 116 g/mol. The zero-order valence-electron chi connectivity index (χ0n) is 5.59. The lowest BCUT2D eigenvalue weighted by molar-refractivity contribution is 0.624. The Kier molecular flexibility index (Phi) is 1.20. The highest BCUT2D eigenvalue weighted by Gasteiger charge is 1.96. The zero-order valence-corrected chi connectivity index (χ0v) is 5.59. The number of nitrogens with zero attached hydrogens (tertiary/aromatic N) is 2. The molecule has 1 radical (unpaired) electrons. The Balaban J connectivity index is 3.47. The van der Waals surface area contributed by atoms with Gasteiger partial charge in [0.15, 0.2) is 0 Å². The second-order valence-electron chi connectivity index (χ2n) is 2.05. The monoisotopic (exact) mass is 125 g/mol. The summed E-state index contributed by atoms with van der Waals surface area (Å²) < 4.78 is 3.01. The summed E-state index contributed by atoms with van der Waals surface area (Å²) in [6.07, 6.45) is 0. The molecule has 3 heteroatoms. The van der Waals surface area contributed by atoms with Crippen LogP contribution in [0.3, 0.4) is 0 Å². The van der Waals surface area contributed by atoms with Gasteiger partial charge < -0.3 is 0 Å². The van der Waals surface area contributed by atoms with Crippen molar-refractivity contribution >= 4 is 0 Å². The molecule has 0 fully saturated rings. The quantitative estimate of drug-likeness (QED) is 0.484. The third-order valence-electron chi connectivity index (χ3n) is 1.42. The molecule has 0 atom stereocenters. The van der Waals surface area contributed by atoms with Crippen LogP contribution in [0.5, 0.6) is 0 Å². The Morgan fingerprint density at radius 2 is 2.22 bits per heavy atom. The van der Waals surface area contributed by atoms with Gasteiger partial charge >= 0.3 is 0 Å². The molecule has 1 aromatic heterocycles. The normalized spacial score (nSPS) is 10.1. The van der Waals surface area contributed by atoms with Crippen molar-refractivity contribution in [3.05, 3.63) is 29.2 Å². The van der Waals surface area contributed by atoms with Crippen molar-refractivity contribution < 1.29 is 0 Å². The Labute approximate surface area is 53.5 Å². The lowest BCUT2D eigenvalue weighted by Crippen LogP contribution is -2.15. The molecule has 0 bridgehead atoms. The van der Waals surface area contributed by atoms with Crippen LogP contribution in [0.15, 0.2) is 10.9 Å². The van der Waals surface area contributed by atoms with E-state index in [1.54, 1.807) is 17.8 Å². The second-order valence-corrected chi connectivity index (χ2v) is 2.05. The Bertz CT molecular complexity index is 269. The maximum absolute atomic E-state index is 10.8. The smallest absolute Gasteiger partial charge is 0.266 e. The van der Waals surface area contributed by atoms with E-state index in [1.807, 2.05) is 6.92 Å². The van der Waals surface area contributed by atoms with E-state index < -0.39 is 0 Å². The van der Waals surface area contributed by atoms with Gasteiger partial charge in [0.1, 0.15) is 0 Å². The van der Waals surface area contributed by atoms with Crippen LogP contribution in [0.1, 0.15) is 5.69 Å². The first kappa shape index (κ1) is 6.13. The highest BCUT2D eigenvalue weighted by Crippen LogP contribution is 1.88. The zero-order chi connectivity index (χ0) is 7.02. The highest BCUT2D eigenvalue weighted by atomic mass is 16.1. The van der Waals surface area contributed by atoms with E-state index in [-0.39, 0.29) is 5.56 Å². The fourth-order valence-electron chi connectivity index (χ4n) is 0.702. The van der Waals surface area contributed by atoms with E-state index in [4.69, 9.17) is 0 Å². The summed E-state index contributed by atoms with van der Waals surface area (Å²) in [4.78, 5) is 10.8. The fourth-order valence-corrected chi connectivity index (χ4v) is 0.702. The van der Waals surface area contributed by atoms with E-state index in [0.717, 1.165) is 5.69 Å². The van der Waals surface area contributed by atoms with Crippen molar-refractivity contribution in [2.75, 3.05) is 0 Å². The lowest BCUT2D eigenvalue weighted by atomic mass is 10.5. The van der Waals surface area contributed by atoms with Crippen molar-refractivity contribution in [3.8, 4) is 0 Å². The summed E-state index contributed by atoms with van der Waals surface area (Å²) in [7, 11) is 5.30. The van der Waals surface area contributed by atoms with Gasteiger partial charge in [0.05, 0.1) is 7.05 Å². The summed E-state index contributed by atoms with van der Waals surface area (Å²) in [5, 5.41) is 0. The van der Waals surface area contributed by atoms with Gasteiger partial charge in [0.2, 0.25) is 0 Å². The molecule has 49 valence electrons. The molecule has 9 heavy (non-hydrogen) atoms. The number of aromatic nitrogens is 2. The maximum Gasteiger partial charge on any atom is 0.266 e. The van der Waals surface area contributed by atoms with Crippen LogP contribution in [0.2, 0.25) is 0 Å². The topological polar surface area (TPSA) is 26.9 Å². The van der Waals surface area contributed by atoms with Crippen LogP contribution in [0.25, 0.3) is 0 Å².